The van der Waals surface area contributed by atoms with Crippen LogP contribution >= 0.6 is 36.6 Å². The molecule has 1 aliphatic carbocycles. The van der Waals surface area contributed by atoms with E-state index < -0.39 is 0 Å². The maximum Gasteiger partial charge on any atom is 0.317 e. The molecule has 0 aromatic carbocycles. The van der Waals surface area contributed by atoms with Crippen molar-refractivity contribution in [3.63, 3.8) is 0 Å². The van der Waals surface area contributed by atoms with Gasteiger partial charge in [0.05, 0.1) is 0 Å². The van der Waals surface area contributed by atoms with Gasteiger partial charge in [0.25, 0.3) is 0 Å². The molecule has 0 radical (unpaired) electrons. The Morgan fingerprint density at radius 2 is 1.65 bits per heavy atom. The number of nitrogens with zero attached hydrogens (tertiary/aromatic N) is 3. The second-order valence-electron chi connectivity index (χ2n) is 8.89. The second kappa shape index (κ2) is 17.3. The number of likely N-dealkylation sites (tertiary alicyclic amines) is 1. The largest absolute Gasteiger partial charge is 0.337 e. The SMILES string of the molecule is CC(=O)SCCN(CCC1CCCCC1)C(=O)NCCN1CCC(N(C)C)CC1.Cl.Cl. The average Bonchev–Trinajstić information content (AvgIpc) is 2.71. The molecule has 1 saturated carbocycles. The Morgan fingerprint density at radius 1 is 1.00 bits per heavy atom. The number of hydrogen-bond donors (Lipinski definition) is 1. The number of thioether (sulfide) groups is 1. The molecule has 9 heteroatoms. The molecule has 1 saturated heterocycles. The molecule has 1 aliphatic heterocycles. The van der Waals surface area contributed by atoms with Crippen molar-refractivity contribution in [1.29, 1.82) is 0 Å². The van der Waals surface area contributed by atoms with Gasteiger partial charge in [-0.05, 0) is 52.4 Å². The van der Waals surface area contributed by atoms with E-state index in [0.717, 1.165) is 38.5 Å². The zero-order chi connectivity index (χ0) is 21.1. The van der Waals surface area contributed by atoms with Gasteiger partial charge in [0, 0.05) is 44.9 Å². The van der Waals surface area contributed by atoms with Crippen LogP contribution in [0, 0.1) is 5.92 Å². The highest BCUT2D eigenvalue weighted by Gasteiger charge is 2.21. The van der Waals surface area contributed by atoms with E-state index in [0.29, 0.717) is 24.9 Å². The molecule has 2 amide bonds. The standard InChI is InChI=1S/C22H42N4O2S.2ClH/c1-19(27)29-18-17-26(15-9-20-7-5-4-6-8-20)22(28)23-12-16-25-13-10-21(11-14-25)24(2)3;;/h20-21H,4-18H2,1-3H3,(H,23,28);2*1H. The van der Waals surface area contributed by atoms with Crippen molar-refractivity contribution < 1.29 is 9.59 Å². The summed E-state index contributed by atoms with van der Waals surface area (Å²) in [6, 6.07) is 0.725. The summed E-state index contributed by atoms with van der Waals surface area (Å²) in [6.45, 7) is 6.89. The predicted molar refractivity (Wildman–Crippen MR) is 137 cm³/mol. The summed E-state index contributed by atoms with van der Waals surface area (Å²) in [7, 11) is 4.32. The van der Waals surface area contributed by atoms with Crippen LogP contribution in [-0.4, -0.2) is 91.0 Å². The second-order valence-corrected chi connectivity index (χ2v) is 10.2. The van der Waals surface area contributed by atoms with E-state index in [1.807, 2.05) is 4.90 Å². The lowest BCUT2D eigenvalue weighted by Crippen LogP contribution is -2.47. The minimum Gasteiger partial charge on any atom is -0.337 e. The van der Waals surface area contributed by atoms with E-state index >= 15 is 0 Å². The molecule has 0 bridgehead atoms. The van der Waals surface area contributed by atoms with Crippen LogP contribution in [0.1, 0.15) is 58.3 Å². The highest BCUT2D eigenvalue weighted by molar-refractivity contribution is 8.13. The van der Waals surface area contributed by atoms with Crippen molar-refractivity contribution in [1.82, 2.24) is 20.0 Å². The zero-order valence-electron chi connectivity index (χ0n) is 19.6. The first-order valence-corrected chi connectivity index (χ1v) is 12.5. The number of carbonyl (C=O) groups excluding carboxylic acids is 2. The van der Waals surface area contributed by atoms with Gasteiger partial charge in [0.2, 0.25) is 0 Å². The van der Waals surface area contributed by atoms with Gasteiger partial charge in [0.1, 0.15) is 0 Å². The number of urea groups is 1. The molecular weight excluding hydrogens is 455 g/mol. The Hall–Kier alpha value is -0.210. The number of rotatable bonds is 10. The quantitative estimate of drug-likeness (QED) is 0.490. The molecular formula is C22H44Cl2N4O2S. The number of amides is 2. The van der Waals surface area contributed by atoms with E-state index in [4.69, 9.17) is 0 Å². The monoisotopic (exact) mass is 498 g/mol. The van der Waals surface area contributed by atoms with E-state index in [9.17, 15) is 9.59 Å². The topological polar surface area (TPSA) is 55.9 Å². The molecule has 0 atom stereocenters. The third-order valence-electron chi connectivity index (χ3n) is 6.48. The molecule has 31 heavy (non-hydrogen) atoms. The summed E-state index contributed by atoms with van der Waals surface area (Å²) in [6.07, 6.45) is 10.1. The van der Waals surface area contributed by atoms with Crippen molar-refractivity contribution in [2.45, 2.75) is 64.3 Å². The lowest BCUT2D eigenvalue weighted by Gasteiger charge is -2.35. The first-order valence-electron chi connectivity index (χ1n) is 11.5. The molecule has 2 aliphatic rings. The van der Waals surface area contributed by atoms with Gasteiger partial charge in [-0.15, -0.1) is 24.8 Å². The molecule has 0 aromatic rings. The van der Waals surface area contributed by atoms with Crippen LogP contribution < -0.4 is 5.32 Å². The Morgan fingerprint density at radius 3 is 2.23 bits per heavy atom. The van der Waals surface area contributed by atoms with Crippen molar-refractivity contribution in [3.8, 4) is 0 Å². The minimum atomic E-state index is 0. The third-order valence-corrected chi connectivity index (χ3v) is 7.27. The van der Waals surface area contributed by atoms with E-state index in [1.165, 1.54) is 56.7 Å². The van der Waals surface area contributed by atoms with Gasteiger partial charge in [-0.2, -0.15) is 0 Å². The van der Waals surface area contributed by atoms with Gasteiger partial charge < -0.3 is 20.0 Å². The summed E-state index contributed by atoms with van der Waals surface area (Å²) >= 11 is 1.31. The van der Waals surface area contributed by atoms with Crippen LogP contribution in [-0.2, 0) is 4.79 Å². The summed E-state index contributed by atoms with van der Waals surface area (Å²) in [5.41, 5.74) is 0. The third kappa shape index (κ3) is 12.6. The molecule has 0 unspecified atom stereocenters. The molecule has 1 heterocycles. The minimum absolute atomic E-state index is 0. The number of piperidine rings is 1. The number of carbonyl (C=O) groups is 2. The van der Waals surface area contributed by atoms with Gasteiger partial charge in [0.15, 0.2) is 5.12 Å². The number of halogens is 2. The predicted octanol–water partition coefficient (Wildman–Crippen LogP) is 4.12. The highest BCUT2D eigenvalue weighted by Crippen LogP contribution is 2.26. The lowest BCUT2D eigenvalue weighted by molar-refractivity contribution is -0.109. The summed E-state index contributed by atoms with van der Waals surface area (Å²) in [4.78, 5) is 30.7. The van der Waals surface area contributed by atoms with Crippen LogP contribution in [0.15, 0.2) is 0 Å². The Kier molecular flexibility index (Phi) is 17.2. The van der Waals surface area contributed by atoms with Gasteiger partial charge >= 0.3 is 6.03 Å². The van der Waals surface area contributed by atoms with Crippen molar-refractivity contribution in [2.24, 2.45) is 5.92 Å². The van der Waals surface area contributed by atoms with Crippen LogP contribution in [0.5, 0.6) is 0 Å². The average molecular weight is 500 g/mol. The van der Waals surface area contributed by atoms with Crippen LogP contribution in [0.2, 0.25) is 0 Å². The van der Waals surface area contributed by atoms with Crippen LogP contribution in [0.4, 0.5) is 4.79 Å². The fourth-order valence-electron chi connectivity index (χ4n) is 4.52. The van der Waals surface area contributed by atoms with Crippen molar-refractivity contribution >= 4 is 47.7 Å². The van der Waals surface area contributed by atoms with E-state index in [-0.39, 0.29) is 36.0 Å². The summed E-state index contributed by atoms with van der Waals surface area (Å²) in [5, 5.41) is 3.25. The van der Waals surface area contributed by atoms with Crippen molar-refractivity contribution in [3.05, 3.63) is 0 Å². The maximum absolute atomic E-state index is 12.8. The first kappa shape index (κ1) is 30.8. The number of hydrogen-bond acceptors (Lipinski definition) is 5. The summed E-state index contributed by atoms with van der Waals surface area (Å²) < 4.78 is 0. The molecule has 184 valence electrons. The number of nitrogens with one attached hydrogen (secondary N) is 1. The fraction of sp³-hybridized carbons (Fsp3) is 0.909. The van der Waals surface area contributed by atoms with Crippen molar-refractivity contribution in [2.75, 3.05) is 59.1 Å². The smallest absolute Gasteiger partial charge is 0.317 e. The van der Waals surface area contributed by atoms with Crippen LogP contribution in [0.3, 0.4) is 0 Å². The molecule has 0 spiro atoms. The zero-order valence-corrected chi connectivity index (χ0v) is 22.1. The highest BCUT2D eigenvalue weighted by atomic mass is 35.5. The van der Waals surface area contributed by atoms with Gasteiger partial charge in [-0.3, -0.25) is 4.79 Å². The van der Waals surface area contributed by atoms with Crippen LogP contribution in [0.25, 0.3) is 0 Å². The normalized spacial score (nSPS) is 18.2. The maximum atomic E-state index is 12.8. The Labute approximate surface area is 206 Å². The molecule has 6 nitrogen and oxygen atoms in total. The lowest BCUT2D eigenvalue weighted by atomic mass is 9.87. The molecule has 0 aromatic heterocycles. The molecule has 2 fully saturated rings. The Balaban J connectivity index is 0.00000450. The molecule has 1 N–H and O–H groups in total. The fourth-order valence-corrected chi connectivity index (χ4v) is 5.12. The van der Waals surface area contributed by atoms with Gasteiger partial charge in [-0.1, -0.05) is 43.9 Å². The Bertz CT molecular complexity index is 500. The van der Waals surface area contributed by atoms with E-state index in [1.54, 1.807) is 6.92 Å². The first-order chi connectivity index (χ1) is 14.0. The summed E-state index contributed by atoms with van der Waals surface area (Å²) in [5.74, 6) is 1.45. The molecule has 2 rings (SSSR count). The van der Waals surface area contributed by atoms with Gasteiger partial charge in [-0.25, -0.2) is 4.79 Å². The van der Waals surface area contributed by atoms with E-state index in [2.05, 4.69) is 29.2 Å².